The Morgan fingerprint density at radius 3 is 2.39 bits per heavy atom. The largest absolute Gasteiger partial charge is 0.444 e. The van der Waals surface area contributed by atoms with Crippen molar-refractivity contribution in [3.8, 4) is 5.75 Å². The highest BCUT2D eigenvalue weighted by Crippen LogP contribution is 2.30. The number of esters is 1. The molecule has 2 aromatic rings. The number of nitrogens with one attached hydrogen (secondary N) is 2. The molecule has 2 amide bonds. The van der Waals surface area contributed by atoms with Crippen LogP contribution in [0.3, 0.4) is 0 Å². The molecule has 0 aliphatic heterocycles. The first-order valence-electron chi connectivity index (χ1n) is 9.26. The molecule has 0 radical (unpaired) electrons. The summed E-state index contributed by atoms with van der Waals surface area (Å²) in [5.74, 6) is -0.543. The van der Waals surface area contributed by atoms with Gasteiger partial charge in [-0.05, 0) is 45.0 Å². The van der Waals surface area contributed by atoms with E-state index in [0.717, 1.165) is 0 Å². The molecule has 0 fully saturated rings. The number of nitrogens with two attached hydrogens (primary N) is 1. The standard InChI is InChI=1S/C20H24N6O5/c1-12(27)30-15-8-6-5-7-13(15)25-26-14-9-10-16(24-18(14)21)23-17(28)11-22-19(29)31-20(2,3)4/h5-10H,11H2,1-4H3,(H,22,29)(H3,21,23,24,28). The number of nitrogen functional groups attached to an aromatic ring is 1. The van der Waals surface area contributed by atoms with E-state index in [1.54, 1.807) is 45.0 Å². The Labute approximate surface area is 179 Å². The van der Waals surface area contributed by atoms with Crippen molar-refractivity contribution in [2.75, 3.05) is 17.6 Å². The summed E-state index contributed by atoms with van der Waals surface area (Å²) in [6.45, 7) is 6.13. The number of hydrogen-bond donors (Lipinski definition) is 3. The quantitative estimate of drug-likeness (QED) is 0.361. The molecule has 31 heavy (non-hydrogen) atoms. The Morgan fingerprint density at radius 2 is 1.74 bits per heavy atom. The number of para-hydroxylation sites is 1. The van der Waals surface area contributed by atoms with Crippen LogP contribution in [-0.2, 0) is 14.3 Å². The molecular formula is C20H24N6O5. The lowest BCUT2D eigenvalue weighted by atomic mass is 10.2. The molecule has 0 spiro atoms. The van der Waals surface area contributed by atoms with Gasteiger partial charge in [0, 0.05) is 6.92 Å². The predicted molar refractivity (Wildman–Crippen MR) is 113 cm³/mol. The fourth-order valence-electron chi connectivity index (χ4n) is 2.16. The molecular weight excluding hydrogens is 404 g/mol. The predicted octanol–water partition coefficient (Wildman–Crippen LogP) is 3.47. The molecule has 4 N–H and O–H groups in total. The molecule has 1 aromatic heterocycles. The third kappa shape index (κ3) is 8.09. The van der Waals surface area contributed by atoms with Crippen molar-refractivity contribution >= 4 is 41.0 Å². The van der Waals surface area contributed by atoms with Crippen molar-refractivity contribution in [3.05, 3.63) is 36.4 Å². The third-order valence-electron chi connectivity index (χ3n) is 3.35. The molecule has 11 heteroatoms. The minimum atomic E-state index is -0.708. The molecule has 0 aliphatic rings. The molecule has 0 bridgehead atoms. The number of nitrogens with zero attached hydrogens (tertiary/aromatic N) is 3. The SMILES string of the molecule is CC(=O)Oc1ccccc1N=Nc1ccc(NC(=O)CNC(=O)OC(C)(C)C)nc1N. The fourth-order valence-corrected chi connectivity index (χ4v) is 2.16. The first-order chi connectivity index (χ1) is 14.5. The number of carbonyl (C=O) groups is 3. The van der Waals surface area contributed by atoms with Crippen molar-refractivity contribution in [2.24, 2.45) is 10.2 Å². The highest BCUT2D eigenvalue weighted by Gasteiger charge is 2.16. The van der Waals surface area contributed by atoms with Gasteiger partial charge in [0.15, 0.2) is 11.6 Å². The van der Waals surface area contributed by atoms with Crippen LogP contribution in [0.4, 0.5) is 27.8 Å². The Balaban J connectivity index is 1.99. The maximum Gasteiger partial charge on any atom is 0.408 e. The van der Waals surface area contributed by atoms with Gasteiger partial charge in [0.1, 0.15) is 29.3 Å². The number of alkyl carbamates (subject to hydrolysis) is 1. The highest BCUT2D eigenvalue weighted by molar-refractivity contribution is 5.93. The lowest BCUT2D eigenvalue weighted by Crippen LogP contribution is -2.37. The number of rotatable bonds is 6. The van der Waals surface area contributed by atoms with Crippen LogP contribution in [0.1, 0.15) is 27.7 Å². The van der Waals surface area contributed by atoms with Crippen LogP contribution in [-0.4, -0.2) is 35.1 Å². The zero-order valence-electron chi connectivity index (χ0n) is 17.6. The molecule has 0 unspecified atom stereocenters. The van der Waals surface area contributed by atoms with Gasteiger partial charge in [0.25, 0.3) is 0 Å². The van der Waals surface area contributed by atoms with Crippen molar-refractivity contribution in [1.82, 2.24) is 10.3 Å². The number of aromatic nitrogens is 1. The second-order valence-corrected chi connectivity index (χ2v) is 7.27. The first kappa shape index (κ1) is 23.3. The van der Waals surface area contributed by atoms with Crippen molar-refractivity contribution in [1.29, 1.82) is 0 Å². The van der Waals surface area contributed by atoms with E-state index in [4.69, 9.17) is 15.2 Å². The summed E-state index contributed by atoms with van der Waals surface area (Å²) in [6, 6.07) is 9.61. The van der Waals surface area contributed by atoms with Gasteiger partial charge in [-0.25, -0.2) is 9.78 Å². The topological polar surface area (TPSA) is 157 Å². The summed E-state index contributed by atoms with van der Waals surface area (Å²) in [7, 11) is 0. The van der Waals surface area contributed by atoms with Gasteiger partial charge in [0.2, 0.25) is 5.91 Å². The minimum absolute atomic E-state index is 0.0200. The van der Waals surface area contributed by atoms with E-state index < -0.39 is 23.6 Å². The molecule has 11 nitrogen and oxygen atoms in total. The highest BCUT2D eigenvalue weighted by atomic mass is 16.6. The number of pyridine rings is 1. The van der Waals surface area contributed by atoms with E-state index >= 15 is 0 Å². The summed E-state index contributed by atoms with van der Waals surface area (Å²) in [4.78, 5) is 38.8. The lowest BCUT2D eigenvalue weighted by Gasteiger charge is -2.19. The zero-order valence-corrected chi connectivity index (χ0v) is 17.6. The van der Waals surface area contributed by atoms with Gasteiger partial charge in [-0.3, -0.25) is 9.59 Å². The van der Waals surface area contributed by atoms with Gasteiger partial charge in [-0.1, -0.05) is 12.1 Å². The number of carbonyl (C=O) groups excluding carboxylic acids is 3. The van der Waals surface area contributed by atoms with E-state index in [9.17, 15) is 14.4 Å². The Hall–Kier alpha value is -4.02. The van der Waals surface area contributed by atoms with Crippen molar-refractivity contribution in [3.63, 3.8) is 0 Å². The maximum absolute atomic E-state index is 12.0. The van der Waals surface area contributed by atoms with E-state index in [2.05, 4.69) is 25.8 Å². The fraction of sp³-hybridized carbons (Fsp3) is 0.300. The molecule has 0 saturated carbocycles. The summed E-state index contributed by atoms with van der Waals surface area (Å²) < 4.78 is 10.1. The van der Waals surface area contributed by atoms with Crippen LogP contribution in [0.5, 0.6) is 5.75 Å². The van der Waals surface area contributed by atoms with E-state index in [-0.39, 0.29) is 29.6 Å². The van der Waals surface area contributed by atoms with Gasteiger partial charge in [-0.15, -0.1) is 10.2 Å². The van der Waals surface area contributed by atoms with Crippen molar-refractivity contribution in [2.45, 2.75) is 33.3 Å². The molecule has 2 rings (SSSR count). The molecule has 0 aliphatic carbocycles. The summed E-state index contributed by atoms with van der Waals surface area (Å²) in [5.41, 5.74) is 5.80. The monoisotopic (exact) mass is 428 g/mol. The number of anilines is 2. The smallest absolute Gasteiger partial charge is 0.408 e. The Morgan fingerprint density at radius 1 is 1.06 bits per heavy atom. The van der Waals surface area contributed by atoms with Crippen LogP contribution in [0.2, 0.25) is 0 Å². The molecule has 164 valence electrons. The first-order valence-corrected chi connectivity index (χ1v) is 9.26. The molecule has 0 atom stereocenters. The molecule has 0 saturated heterocycles. The van der Waals surface area contributed by atoms with Gasteiger partial charge >= 0.3 is 12.1 Å². The van der Waals surface area contributed by atoms with Gasteiger partial charge in [0.05, 0.1) is 0 Å². The zero-order chi connectivity index (χ0) is 23.0. The summed E-state index contributed by atoms with van der Waals surface area (Å²) in [6.07, 6.45) is -0.708. The maximum atomic E-state index is 12.0. The Bertz CT molecular complexity index is 1000. The van der Waals surface area contributed by atoms with Gasteiger partial charge in [-0.2, -0.15) is 0 Å². The average Bonchev–Trinajstić information content (AvgIpc) is 2.65. The van der Waals surface area contributed by atoms with E-state index in [1.807, 2.05) is 0 Å². The number of ether oxygens (including phenoxy) is 2. The normalized spacial score (nSPS) is 11.1. The number of amides is 2. The van der Waals surface area contributed by atoms with Crippen LogP contribution in [0, 0.1) is 0 Å². The molecule has 1 heterocycles. The second-order valence-electron chi connectivity index (χ2n) is 7.27. The lowest BCUT2D eigenvalue weighted by molar-refractivity contribution is -0.131. The average molecular weight is 428 g/mol. The number of benzene rings is 1. The minimum Gasteiger partial charge on any atom is -0.444 e. The Kier molecular flexibility index (Phi) is 7.61. The third-order valence-corrected chi connectivity index (χ3v) is 3.35. The van der Waals surface area contributed by atoms with Crippen molar-refractivity contribution < 1.29 is 23.9 Å². The van der Waals surface area contributed by atoms with Crippen LogP contribution in [0.15, 0.2) is 46.6 Å². The van der Waals surface area contributed by atoms with Crippen LogP contribution >= 0.6 is 0 Å². The number of hydrogen-bond acceptors (Lipinski definition) is 9. The molecule has 1 aromatic carbocycles. The van der Waals surface area contributed by atoms with Crippen LogP contribution in [0.25, 0.3) is 0 Å². The second kappa shape index (κ2) is 10.1. The van der Waals surface area contributed by atoms with Crippen LogP contribution < -0.4 is 21.1 Å². The number of azo groups is 1. The van der Waals surface area contributed by atoms with E-state index in [0.29, 0.717) is 5.69 Å². The van der Waals surface area contributed by atoms with Gasteiger partial charge < -0.3 is 25.8 Å². The van der Waals surface area contributed by atoms with E-state index in [1.165, 1.54) is 19.1 Å². The summed E-state index contributed by atoms with van der Waals surface area (Å²) >= 11 is 0. The summed E-state index contributed by atoms with van der Waals surface area (Å²) in [5, 5.41) is 12.9.